The summed E-state index contributed by atoms with van der Waals surface area (Å²) in [5, 5.41) is 0. The zero-order chi connectivity index (χ0) is 13.1. The fourth-order valence-corrected chi connectivity index (χ4v) is 1.35. The molecule has 3 nitrogen and oxygen atoms in total. The number of halogens is 1. The molecule has 0 rings (SSSR count). The van der Waals surface area contributed by atoms with E-state index in [4.69, 9.17) is 4.74 Å². The molecule has 0 heterocycles. The number of nitrogens with zero attached hydrogens (tertiary/aromatic N) is 1. The number of ether oxygens (including phenoxy) is 1. The molecule has 96 valence electrons. The van der Waals surface area contributed by atoms with Crippen LogP contribution in [0.1, 0.15) is 48.0 Å². The molecule has 4 heteroatoms. The summed E-state index contributed by atoms with van der Waals surface area (Å²) in [7, 11) is 1.63. The fraction of sp³-hybridized carbons (Fsp3) is 0.917. The van der Waals surface area contributed by atoms with Crippen molar-refractivity contribution >= 4 is 6.09 Å². The van der Waals surface area contributed by atoms with Crippen molar-refractivity contribution in [3.05, 3.63) is 0 Å². The van der Waals surface area contributed by atoms with Crippen LogP contribution in [-0.4, -0.2) is 35.4 Å². The van der Waals surface area contributed by atoms with Gasteiger partial charge in [0.25, 0.3) is 0 Å². The molecule has 0 bridgehead atoms. The molecule has 0 aromatic heterocycles. The van der Waals surface area contributed by atoms with Crippen molar-refractivity contribution in [2.75, 3.05) is 7.05 Å². The summed E-state index contributed by atoms with van der Waals surface area (Å²) < 4.78 is 18.6. The van der Waals surface area contributed by atoms with E-state index in [-0.39, 0.29) is 6.04 Å². The highest BCUT2D eigenvalue weighted by Crippen LogP contribution is 2.20. The Labute approximate surface area is 98.0 Å². The SMILES string of the molecule is CC(CC(C)(C)F)N(C)C(=O)OC(C)(C)C. The monoisotopic (exact) mass is 233 g/mol. The van der Waals surface area contributed by atoms with Gasteiger partial charge in [0.2, 0.25) is 0 Å². The quantitative estimate of drug-likeness (QED) is 0.748. The maximum Gasteiger partial charge on any atom is 0.410 e. The van der Waals surface area contributed by atoms with Gasteiger partial charge in [-0.25, -0.2) is 9.18 Å². The first-order valence-electron chi connectivity index (χ1n) is 5.57. The van der Waals surface area contributed by atoms with Crippen LogP contribution < -0.4 is 0 Å². The highest BCUT2D eigenvalue weighted by Gasteiger charge is 2.27. The minimum absolute atomic E-state index is 0.185. The van der Waals surface area contributed by atoms with Gasteiger partial charge >= 0.3 is 6.09 Å². The van der Waals surface area contributed by atoms with Gasteiger partial charge in [0.15, 0.2) is 0 Å². The Kier molecular flexibility index (Phi) is 4.77. The van der Waals surface area contributed by atoms with Gasteiger partial charge < -0.3 is 9.64 Å². The summed E-state index contributed by atoms with van der Waals surface area (Å²) in [6.07, 6.45) is -0.118. The third-order valence-corrected chi connectivity index (χ3v) is 2.12. The van der Waals surface area contributed by atoms with Crippen molar-refractivity contribution in [2.45, 2.75) is 65.3 Å². The van der Waals surface area contributed by atoms with Crippen LogP contribution >= 0.6 is 0 Å². The molecule has 0 aromatic rings. The van der Waals surface area contributed by atoms with E-state index in [2.05, 4.69) is 0 Å². The molecule has 0 radical (unpaired) electrons. The highest BCUT2D eigenvalue weighted by atomic mass is 19.1. The van der Waals surface area contributed by atoms with E-state index in [9.17, 15) is 9.18 Å². The largest absolute Gasteiger partial charge is 0.444 e. The van der Waals surface area contributed by atoms with Crippen molar-refractivity contribution in [1.82, 2.24) is 4.90 Å². The van der Waals surface area contributed by atoms with Gasteiger partial charge in [-0.3, -0.25) is 0 Å². The number of hydrogen-bond acceptors (Lipinski definition) is 2. The van der Waals surface area contributed by atoms with E-state index in [1.54, 1.807) is 7.05 Å². The van der Waals surface area contributed by atoms with Crippen LogP contribution in [0.4, 0.5) is 9.18 Å². The van der Waals surface area contributed by atoms with Gasteiger partial charge in [-0.2, -0.15) is 0 Å². The molecule has 0 aromatic carbocycles. The zero-order valence-electron chi connectivity index (χ0n) is 11.4. The van der Waals surface area contributed by atoms with E-state index >= 15 is 0 Å². The molecule has 0 spiro atoms. The normalized spacial score (nSPS) is 14.5. The summed E-state index contributed by atoms with van der Waals surface area (Å²) in [5.74, 6) is 0. The van der Waals surface area contributed by atoms with E-state index in [1.165, 1.54) is 18.7 Å². The van der Waals surface area contributed by atoms with Crippen LogP contribution in [0.15, 0.2) is 0 Å². The molecule has 0 fully saturated rings. The van der Waals surface area contributed by atoms with E-state index < -0.39 is 17.4 Å². The predicted octanol–water partition coefficient (Wildman–Crippen LogP) is 3.38. The summed E-state index contributed by atoms with van der Waals surface area (Å²) >= 11 is 0. The lowest BCUT2D eigenvalue weighted by atomic mass is 10.0. The van der Waals surface area contributed by atoms with Gasteiger partial charge in [0.05, 0.1) is 0 Å². The van der Waals surface area contributed by atoms with Crippen LogP contribution in [0.25, 0.3) is 0 Å². The Morgan fingerprint density at radius 1 is 1.31 bits per heavy atom. The molecular formula is C12H24FNO2. The van der Waals surface area contributed by atoms with Crippen molar-refractivity contribution in [1.29, 1.82) is 0 Å². The molecule has 0 aliphatic heterocycles. The number of carbonyl (C=O) groups is 1. The van der Waals surface area contributed by atoms with Gasteiger partial charge in [0.1, 0.15) is 11.3 Å². The molecule has 1 unspecified atom stereocenters. The van der Waals surface area contributed by atoms with Crippen LogP contribution in [0, 0.1) is 0 Å². The first-order chi connectivity index (χ1) is 6.92. The standard InChI is InChI=1S/C12H24FNO2/c1-9(8-12(5,6)13)14(7)10(15)16-11(2,3)4/h9H,8H2,1-7H3. The number of carbonyl (C=O) groups excluding carboxylic acids is 1. The van der Waals surface area contributed by atoms with Gasteiger partial charge in [-0.05, 0) is 41.5 Å². The molecule has 0 aliphatic carbocycles. The summed E-state index contributed by atoms with van der Waals surface area (Å²) in [5.41, 5.74) is -1.80. The van der Waals surface area contributed by atoms with Crippen LogP contribution in [0.5, 0.6) is 0 Å². The molecule has 1 amide bonds. The fourth-order valence-electron chi connectivity index (χ4n) is 1.35. The Morgan fingerprint density at radius 2 is 1.75 bits per heavy atom. The smallest absolute Gasteiger partial charge is 0.410 e. The van der Waals surface area contributed by atoms with Gasteiger partial charge in [-0.15, -0.1) is 0 Å². The third-order valence-electron chi connectivity index (χ3n) is 2.12. The lowest BCUT2D eigenvalue weighted by molar-refractivity contribution is 0.0186. The first-order valence-corrected chi connectivity index (χ1v) is 5.57. The van der Waals surface area contributed by atoms with Gasteiger partial charge in [0, 0.05) is 19.5 Å². The van der Waals surface area contributed by atoms with E-state index in [0.717, 1.165) is 0 Å². The molecule has 0 saturated heterocycles. The van der Waals surface area contributed by atoms with Crippen molar-refractivity contribution in [3.63, 3.8) is 0 Å². The van der Waals surface area contributed by atoms with E-state index in [0.29, 0.717) is 6.42 Å². The Bertz CT molecular complexity index is 240. The minimum Gasteiger partial charge on any atom is -0.444 e. The molecule has 0 aliphatic rings. The average molecular weight is 233 g/mol. The number of hydrogen-bond donors (Lipinski definition) is 0. The number of rotatable bonds is 3. The lowest BCUT2D eigenvalue weighted by Gasteiger charge is -2.30. The molecule has 0 N–H and O–H groups in total. The van der Waals surface area contributed by atoms with E-state index in [1.807, 2.05) is 27.7 Å². The lowest BCUT2D eigenvalue weighted by Crippen LogP contribution is -2.41. The van der Waals surface area contributed by atoms with Crippen LogP contribution in [0.3, 0.4) is 0 Å². The van der Waals surface area contributed by atoms with Crippen molar-refractivity contribution in [3.8, 4) is 0 Å². The summed E-state index contributed by atoms with van der Waals surface area (Å²) in [6, 6.07) is -0.185. The maximum absolute atomic E-state index is 13.4. The van der Waals surface area contributed by atoms with Crippen LogP contribution in [-0.2, 0) is 4.74 Å². The maximum atomic E-state index is 13.4. The Morgan fingerprint density at radius 3 is 2.06 bits per heavy atom. The number of amides is 1. The average Bonchev–Trinajstić information content (AvgIpc) is 1.96. The second kappa shape index (κ2) is 5.02. The van der Waals surface area contributed by atoms with Gasteiger partial charge in [-0.1, -0.05) is 0 Å². The number of alkyl halides is 1. The summed E-state index contributed by atoms with van der Waals surface area (Å²) in [4.78, 5) is 13.1. The molecular weight excluding hydrogens is 209 g/mol. The predicted molar refractivity (Wildman–Crippen MR) is 63.3 cm³/mol. The Balaban J connectivity index is 4.34. The zero-order valence-corrected chi connectivity index (χ0v) is 11.4. The topological polar surface area (TPSA) is 29.5 Å². The van der Waals surface area contributed by atoms with Crippen molar-refractivity contribution in [2.24, 2.45) is 0 Å². The van der Waals surface area contributed by atoms with Crippen LogP contribution in [0.2, 0.25) is 0 Å². The highest BCUT2D eigenvalue weighted by molar-refractivity contribution is 5.68. The minimum atomic E-state index is -1.28. The first kappa shape index (κ1) is 15.2. The molecule has 16 heavy (non-hydrogen) atoms. The second-order valence-corrected chi connectivity index (χ2v) is 5.86. The summed E-state index contributed by atoms with van der Waals surface area (Å²) in [6.45, 7) is 10.2. The second-order valence-electron chi connectivity index (χ2n) is 5.86. The van der Waals surface area contributed by atoms with Crippen molar-refractivity contribution < 1.29 is 13.9 Å². The molecule has 1 atom stereocenters. The Hall–Kier alpha value is -0.800. The molecule has 0 saturated carbocycles. The third kappa shape index (κ3) is 6.64.